The molecule has 1 aromatic heterocycles. The van der Waals surface area contributed by atoms with Crippen molar-refractivity contribution in [1.82, 2.24) is 9.55 Å². The molecule has 0 atom stereocenters. The van der Waals surface area contributed by atoms with E-state index in [4.69, 9.17) is 26.6 Å². The third-order valence-corrected chi connectivity index (χ3v) is 5.55. The summed E-state index contributed by atoms with van der Waals surface area (Å²) >= 11 is 7.60. The zero-order chi connectivity index (χ0) is 20.1. The van der Waals surface area contributed by atoms with E-state index >= 15 is 0 Å². The number of ether oxygens (including phenoxy) is 1. The molecule has 3 aromatic rings. The van der Waals surface area contributed by atoms with Crippen molar-refractivity contribution in [3.05, 3.63) is 57.3 Å². The van der Waals surface area contributed by atoms with Crippen LogP contribution in [-0.2, 0) is 0 Å². The molecular formula is C21H20ClN3O2S. The Hall–Kier alpha value is -2.49. The number of rotatable bonds is 7. The second-order valence-electron chi connectivity index (χ2n) is 6.34. The molecule has 2 aromatic carbocycles. The van der Waals surface area contributed by atoms with Gasteiger partial charge in [-0.1, -0.05) is 29.4 Å². The van der Waals surface area contributed by atoms with Gasteiger partial charge in [-0.15, -0.1) is 0 Å². The van der Waals surface area contributed by atoms with Crippen molar-refractivity contribution < 1.29 is 4.74 Å². The molecule has 0 unspecified atom stereocenters. The average molecular weight is 414 g/mol. The van der Waals surface area contributed by atoms with E-state index in [1.165, 1.54) is 11.8 Å². The highest BCUT2D eigenvalue weighted by molar-refractivity contribution is 7.99. The Kier molecular flexibility index (Phi) is 6.61. The highest BCUT2D eigenvalue weighted by Gasteiger charge is 2.17. The van der Waals surface area contributed by atoms with Crippen LogP contribution in [0.3, 0.4) is 0 Å². The van der Waals surface area contributed by atoms with Crippen molar-refractivity contribution in [3.63, 3.8) is 0 Å². The number of aryl methyl sites for hydroxylation is 1. The maximum absolute atomic E-state index is 13.3. The van der Waals surface area contributed by atoms with E-state index in [-0.39, 0.29) is 5.56 Å². The first-order valence-electron chi connectivity index (χ1n) is 8.92. The van der Waals surface area contributed by atoms with Gasteiger partial charge in [-0.25, -0.2) is 4.98 Å². The number of hydrogen-bond acceptors (Lipinski definition) is 5. The third-order valence-electron chi connectivity index (χ3n) is 4.29. The van der Waals surface area contributed by atoms with Gasteiger partial charge in [0.15, 0.2) is 5.16 Å². The lowest BCUT2D eigenvalue weighted by molar-refractivity contribution is 0.411. The van der Waals surface area contributed by atoms with Crippen molar-refractivity contribution in [3.8, 4) is 17.5 Å². The molecule has 0 aliphatic heterocycles. The summed E-state index contributed by atoms with van der Waals surface area (Å²) in [5, 5.41) is 10.3. The number of nitriles is 1. The van der Waals surface area contributed by atoms with Gasteiger partial charge in [0.25, 0.3) is 5.56 Å². The summed E-state index contributed by atoms with van der Waals surface area (Å²) in [4.78, 5) is 18.1. The Morgan fingerprint density at radius 2 is 2.07 bits per heavy atom. The van der Waals surface area contributed by atoms with E-state index in [1.807, 2.05) is 25.1 Å². The van der Waals surface area contributed by atoms with E-state index in [0.717, 1.165) is 24.2 Å². The zero-order valence-corrected chi connectivity index (χ0v) is 17.3. The molecule has 0 aliphatic carbocycles. The predicted molar refractivity (Wildman–Crippen MR) is 114 cm³/mol. The van der Waals surface area contributed by atoms with Crippen molar-refractivity contribution >= 4 is 34.3 Å². The molecule has 7 heteroatoms. The fourth-order valence-electron chi connectivity index (χ4n) is 2.89. The SMILES string of the molecule is COc1ccc(C)cc1-n1c(SCCCCC#N)nc2cc(Cl)ccc2c1=O. The van der Waals surface area contributed by atoms with Gasteiger partial charge in [0.2, 0.25) is 0 Å². The number of thioether (sulfide) groups is 1. The minimum Gasteiger partial charge on any atom is -0.495 e. The van der Waals surface area contributed by atoms with Crippen LogP contribution < -0.4 is 10.3 Å². The molecule has 0 spiro atoms. The number of benzene rings is 2. The molecule has 0 saturated heterocycles. The van der Waals surface area contributed by atoms with Gasteiger partial charge in [-0.3, -0.25) is 9.36 Å². The molecule has 0 amide bonds. The summed E-state index contributed by atoms with van der Waals surface area (Å²) in [6.45, 7) is 1.97. The van der Waals surface area contributed by atoms with Crippen LogP contribution in [0.5, 0.6) is 5.75 Å². The Morgan fingerprint density at radius 1 is 1.25 bits per heavy atom. The lowest BCUT2D eigenvalue weighted by Crippen LogP contribution is -2.22. The van der Waals surface area contributed by atoms with E-state index in [1.54, 1.807) is 29.9 Å². The van der Waals surface area contributed by atoms with E-state index < -0.39 is 0 Å². The quantitative estimate of drug-likeness (QED) is 0.304. The normalized spacial score (nSPS) is 10.8. The highest BCUT2D eigenvalue weighted by atomic mass is 35.5. The van der Waals surface area contributed by atoms with E-state index in [0.29, 0.717) is 38.9 Å². The molecule has 3 rings (SSSR count). The molecular weight excluding hydrogens is 394 g/mol. The second kappa shape index (κ2) is 9.13. The highest BCUT2D eigenvalue weighted by Crippen LogP contribution is 2.29. The Balaban J connectivity index is 2.16. The molecule has 1 heterocycles. The zero-order valence-electron chi connectivity index (χ0n) is 15.7. The molecule has 144 valence electrons. The van der Waals surface area contributed by atoms with Crippen LogP contribution >= 0.6 is 23.4 Å². The first-order chi connectivity index (χ1) is 13.5. The van der Waals surface area contributed by atoms with Crippen LogP contribution in [0.4, 0.5) is 0 Å². The summed E-state index contributed by atoms with van der Waals surface area (Å²) in [6, 6.07) is 13.0. The van der Waals surface area contributed by atoms with Gasteiger partial charge in [-0.2, -0.15) is 5.26 Å². The number of unbranched alkanes of at least 4 members (excludes halogenated alkanes) is 2. The van der Waals surface area contributed by atoms with Crippen LogP contribution in [0.2, 0.25) is 5.02 Å². The van der Waals surface area contributed by atoms with Crippen molar-refractivity contribution in [2.24, 2.45) is 0 Å². The molecule has 0 saturated carbocycles. The Morgan fingerprint density at radius 3 is 2.82 bits per heavy atom. The molecule has 0 bridgehead atoms. The molecule has 28 heavy (non-hydrogen) atoms. The Labute approximate surface area is 172 Å². The van der Waals surface area contributed by atoms with E-state index in [2.05, 4.69) is 6.07 Å². The van der Waals surface area contributed by atoms with Crippen molar-refractivity contribution in [2.75, 3.05) is 12.9 Å². The molecule has 0 fully saturated rings. The summed E-state index contributed by atoms with van der Waals surface area (Å²) in [5.74, 6) is 1.36. The number of aromatic nitrogens is 2. The minimum absolute atomic E-state index is 0.162. The molecule has 0 aliphatic rings. The summed E-state index contributed by atoms with van der Waals surface area (Å²) in [6.07, 6.45) is 2.22. The van der Waals surface area contributed by atoms with E-state index in [9.17, 15) is 4.79 Å². The largest absolute Gasteiger partial charge is 0.495 e. The number of fused-ring (bicyclic) bond motifs is 1. The number of nitrogens with zero attached hydrogens (tertiary/aromatic N) is 3. The lowest BCUT2D eigenvalue weighted by atomic mass is 10.2. The first-order valence-corrected chi connectivity index (χ1v) is 10.3. The monoisotopic (exact) mass is 413 g/mol. The fraction of sp³-hybridized carbons (Fsp3) is 0.286. The number of hydrogen-bond donors (Lipinski definition) is 0. The summed E-state index contributed by atoms with van der Waals surface area (Å²) in [7, 11) is 1.59. The number of halogens is 1. The first kappa shape index (κ1) is 20.2. The standard InChI is InChI=1S/C21H20ClN3O2S/c1-14-6-9-19(27-2)18(12-14)25-20(26)16-8-7-15(22)13-17(16)24-21(25)28-11-5-3-4-10-23/h6-9,12-13H,3-5,11H2,1-2H3. The van der Waals surface area contributed by atoms with Crippen LogP contribution in [0, 0.1) is 18.3 Å². The topological polar surface area (TPSA) is 67.9 Å². The van der Waals surface area contributed by atoms with Gasteiger partial charge in [0.1, 0.15) is 5.75 Å². The van der Waals surface area contributed by atoms with Crippen molar-refractivity contribution in [2.45, 2.75) is 31.3 Å². The van der Waals surface area contributed by atoms with Gasteiger partial charge < -0.3 is 4.74 Å². The summed E-state index contributed by atoms with van der Waals surface area (Å²) in [5.41, 5.74) is 2.09. The van der Waals surface area contributed by atoms with Crippen LogP contribution in [0.1, 0.15) is 24.8 Å². The number of methoxy groups -OCH3 is 1. The predicted octanol–water partition coefficient (Wildman–Crippen LogP) is 5.14. The smallest absolute Gasteiger partial charge is 0.266 e. The fourth-order valence-corrected chi connectivity index (χ4v) is 4.06. The van der Waals surface area contributed by atoms with Crippen LogP contribution in [0.25, 0.3) is 16.6 Å². The van der Waals surface area contributed by atoms with Gasteiger partial charge in [0.05, 0.1) is 29.8 Å². The third kappa shape index (κ3) is 4.32. The Bertz CT molecular complexity index is 1110. The van der Waals surface area contributed by atoms with Gasteiger partial charge in [-0.05, 0) is 55.7 Å². The van der Waals surface area contributed by atoms with Crippen LogP contribution in [0.15, 0.2) is 46.3 Å². The second-order valence-corrected chi connectivity index (χ2v) is 7.83. The van der Waals surface area contributed by atoms with Crippen molar-refractivity contribution in [1.29, 1.82) is 5.26 Å². The maximum atomic E-state index is 13.3. The molecule has 0 N–H and O–H groups in total. The maximum Gasteiger partial charge on any atom is 0.266 e. The van der Waals surface area contributed by atoms with Gasteiger partial charge in [0, 0.05) is 17.2 Å². The van der Waals surface area contributed by atoms with Crippen LogP contribution in [-0.4, -0.2) is 22.4 Å². The summed E-state index contributed by atoms with van der Waals surface area (Å²) < 4.78 is 7.11. The average Bonchev–Trinajstić information content (AvgIpc) is 2.67. The lowest BCUT2D eigenvalue weighted by Gasteiger charge is -2.16. The van der Waals surface area contributed by atoms with Gasteiger partial charge >= 0.3 is 0 Å². The minimum atomic E-state index is -0.162. The molecule has 5 nitrogen and oxygen atoms in total. The molecule has 0 radical (unpaired) electrons.